The predicted molar refractivity (Wildman–Crippen MR) is 47.7 cm³/mol. The molecule has 0 unspecified atom stereocenters. The molecule has 0 aromatic carbocycles. The highest BCUT2D eigenvalue weighted by molar-refractivity contribution is 6.18. The third-order valence-electron chi connectivity index (χ3n) is 1.45. The van der Waals surface area contributed by atoms with Crippen molar-refractivity contribution in [2.75, 3.05) is 13.3 Å². The minimum absolute atomic E-state index is 0.104. The Morgan fingerprint density at radius 2 is 1.89 bits per heavy atom. The Balaban J connectivity index is 4.99. The van der Waals surface area contributed by atoms with E-state index in [2.05, 4.69) is 9.47 Å². The number of hydrogen-bond donors (Lipinski definition) is 0. The second-order valence-electron chi connectivity index (χ2n) is 2.81. The number of carbonyl (C=O) groups excluding carboxylic acids is 2. The summed E-state index contributed by atoms with van der Waals surface area (Å²) in [7, 11) is 0. The van der Waals surface area contributed by atoms with Gasteiger partial charge in [-0.1, -0.05) is 0 Å². The van der Waals surface area contributed by atoms with Crippen LogP contribution in [-0.4, -0.2) is 37.6 Å². The lowest BCUT2D eigenvalue weighted by Crippen LogP contribution is -2.31. The topological polar surface area (TPSA) is 52.6 Å². The summed E-state index contributed by atoms with van der Waals surface area (Å²) in [6.07, 6.45) is -7.83. The van der Waals surface area contributed by atoms with Gasteiger partial charge in [0.2, 0.25) is 5.78 Å². The van der Waals surface area contributed by atoms with E-state index in [4.69, 9.17) is 0 Å². The number of halogens is 5. The zero-order chi connectivity index (χ0) is 14.3. The van der Waals surface area contributed by atoms with Crippen LogP contribution in [-0.2, 0) is 19.1 Å². The third kappa shape index (κ3) is 5.11. The van der Waals surface area contributed by atoms with Gasteiger partial charge in [0, 0.05) is 0 Å². The van der Waals surface area contributed by atoms with E-state index >= 15 is 0 Å². The second kappa shape index (κ2) is 6.92. The molecule has 9 heteroatoms. The molecular formula is C9H9F5O4. The molecule has 0 aliphatic rings. The number of rotatable bonds is 7. The van der Waals surface area contributed by atoms with E-state index in [-0.39, 0.29) is 12.9 Å². The van der Waals surface area contributed by atoms with Crippen LogP contribution in [0.3, 0.4) is 0 Å². The number of alkyl halides is 5. The van der Waals surface area contributed by atoms with Gasteiger partial charge in [-0.2, -0.15) is 8.78 Å². The summed E-state index contributed by atoms with van der Waals surface area (Å²) in [4.78, 5) is 21.8. The molecule has 0 aliphatic carbocycles. The molecule has 104 valence electrons. The second-order valence-corrected chi connectivity index (χ2v) is 2.81. The molecule has 0 aromatic rings. The zero-order valence-corrected chi connectivity index (χ0v) is 9.09. The number of ketones is 1. The summed E-state index contributed by atoms with van der Waals surface area (Å²) < 4.78 is 68.2. The molecule has 0 bridgehead atoms. The minimum atomic E-state index is -4.50. The van der Waals surface area contributed by atoms with Gasteiger partial charge in [0.05, 0.1) is 6.61 Å². The van der Waals surface area contributed by atoms with E-state index in [9.17, 15) is 31.5 Å². The van der Waals surface area contributed by atoms with Gasteiger partial charge in [0.15, 0.2) is 6.67 Å². The van der Waals surface area contributed by atoms with Gasteiger partial charge in [0.1, 0.15) is 11.8 Å². The maximum Gasteiger partial charge on any atom is 0.429 e. The average Bonchev–Trinajstić information content (AvgIpc) is 2.28. The summed E-state index contributed by atoms with van der Waals surface area (Å²) in [5, 5.41) is 0. The van der Waals surface area contributed by atoms with Crippen LogP contribution in [0.25, 0.3) is 0 Å². The molecule has 0 spiro atoms. The van der Waals surface area contributed by atoms with Crippen LogP contribution in [0, 0.1) is 0 Å². The van der Waals surface area contributed by atoms with E-state index in [1.54, 1.807) is 0 Å². The summed E-state index contributed by atoms with van der Waals surface area (Å²) in [5.74, 6) is -4.14. The standard InChI is InChI=1S/C9H9F5O4/c1-2-17-3-5(6(15)7(11)12)8(16)18-9(13,14)4-10/h3,7H,2,4H2,1H3/b5-3+. The molecule has 18 heavy (non-hydrogen) atoms. The van der Waals surface area contributed by atoms with Crippen LogP contribution in [0.2, 0.25) is 0 Å². The van der Waals surface area contributed by atoms with Crippen molar-refractivity contribution in [3.63, 3.8) is 0 Å². The molecule has 4 nitrogen and oxygen atoms in total. The monoisotopic (exact) mass is 276 g/mol. The quantitative estimate of drug-likeness (QED) is 0.178. The van der Waals surface area contributed by atoms with E-state index < -0.39 is 36.5 Å². The van der Waals surface area contributed by atoms with Crippen LogP contribution < -0.4 is 0 Å². The fourth-order valence-corrected chi connectivity index (χ4v) is 0.709. The van der Waals surface area contributed by atoms with Gasteiger partial charge in [-0.3, -0.25) is 4.79 Å². The zero-order valence-electron chi connectivity index (χ0n) is 9.09. The molecule has 0 rings (SSSR count). The molecule has 0 heterocycles. The van der Waals surface area contributed by atoms with Crippen LogP contribution in [0.4, 0.5) is 22.0 Å². The fraction of sp³-hybridized carbons (Fsp3) is 0.556. The Bertz CT molecular complexity index is 340. The number of esters is 1. The van der Waals surface area contributed by atoms with Crippen molar-refractivity contribution in [2.24, 2.45) is 0 Å². The number of carbonyl (C=O) groups is 2. The predicted octanol–water partition coefficient (Wildman–Crippen LogP) is 1.85. The highest BCUT2D eigenvalue weighted by Crippen LogP contribution is 2.19. The maximum absolute atomic E-state index is 12.4. The molecule has 0 radical (unpaired) electrons. The molecule has 0 aromatic heterocycles. The first-order valence-electron chi connectivity index (χ1n) is 4.56. The largest absolute Gasteiger partial charge is 0.500 e. The van der Waals surface area contributed by atoms with Gasteiger partial charge >= 0.3 is 18.5 Å². The van der Waals surface area contributed by atoms with Crippen molar-refractivity contribution >= 4 is 11.8 Å². The Morgan fingerprint density at radius 3 is 2.28 bits per heavy atom. The van der Waals surface area contributed by atoms with Crippen molar-refractivity contribution in [2.45, 2.75) is 19.5 Å². The van der Waals surface area contributed by atoms with Crippen LogP contribution in [0.15, 0.2) is 11.8 Å². The van der Waals surface area contributed by atoms with Crippen LogP contribution in [0.1, 0.15) is 6.92 Å². The van der Waals surface area contributed by atoms with Gasteiger partial charge in [-0.15, -0.1) is 0 Å². The smallest absolute Gasteiger partial charge is 0.429 e. The van der Waals surface area contributed by atoms with Crippen molar-refractivity contribution in [1.82, 2.24) is 0 Å². The van der Waals surface area contributed by atoms with Gasteiger partial charge in [-0.05, 0) is 6.92 Å². The van der Waals surface area contributed by atoms with Gasteiger partial charge in [0.25, 0.3) is 0 Å². The molecule has 0 fully saturated rings. The summed E-state index contributed by atoms with van der Waals surface area (Å²) in [5.41, 5.74) is -1.42. The first-order chi connectivity index (χ1) is 8.25. The lowest BCUT2D eigenvalue weighted by Gasteiger charge is -2.13. The van der Waals surface area contributed by atoms with E-state index in [0.29, 0.717) is 0 Å². The molecule has 0 saturated heterocycles. The van der Waals surface area contributed by atoms with Crippen LogP contribution >= 0.6 is 0 Å². The van der Waals surface area contributed by atoms with Crippen molar-refractivity contribution in [3.05, 3.63) is 11.8 Å². The lowest BCUT2D eigenvalue weighted by molar-refractivity contribution is -0.235. The molecule has 0 atom stereocenters. The highest BCUT2D eigenvalue weighted by atomic mass is 19.3. The number of hydrogen-bond acceptors (Lipinski definition) is 4. The van der Waals surface area contributed by atoms with E-state index in [1.807, 2.05) is 0 Å². The number of ether oxygens (including phenoxy) is 2. The average molecular weight is 276 g/mol. The van der Waals surface area contributed by atoms with Crippen molar-refractivity contribution in [3.8, 4) is 0 Å². The molecular weight excluding hydrogens is 267 g/mol. The first-order valence-corrected chi connectivity index (χ1v) is 4.56. The Hall–Kier alpha value is -1.67. The van der Waals surface area contributed by atoms with Crippen molar-refractivity contribution in [1.29, 1.82) is 0 Å². The third-order valence-corrected chi connectivity index (χ3v) is 1.45. The number of Topliss-reactive ketones (excluding diaryl/α,β-unsaturated/α-hetero) is 1. The Kier molecular flexibility index (Phi) is 6.28. The normalized spacial score (nSPS) is 12.5. The molecule has 0 amide bonds. The molecule has 0 saturated carbocycles. The summed E-state index contributed by atoms with van der Waals surface area (Å²) in [6, 6.07) is 0. The van der Waals surface area contributed by atoms with Gasteiger partial charge in [-0.25, -0.2) is 18.0 Å². The lowest BCUT2D eigenvalue weighted by atomic mass is 10.2. The van der Waals surface area contributed by atoms with Crippen molar-refractivity contribution < 1.29 is 41.0 Å². The van der Waals surface area contributed by atoms with E-state index in [1.165, 1.54) is 6.92 Å². The Labute approximate surface area is 98.3 Å². The first kappa shape index (κ1) is 16.3. The Morgan fingerprint density at radius 1 is 1.33 bits per heavy atom. The van der Waals surface area contributed by atoms with Crippen LogP contribution in [0.5, 0.6) is 0 Å². The van der Waals surface area contributed by atoms with Gasteiger partial charge < -0.3 is 9.47 Å². The molecule has 0 aliphatic heterocycles. The maximum atomic E-state index is 12.4. The highest BCUT2D eigenvalue weighted by Gasteiger charge is 2.38. The summed E-state index contributed by atoms with van der Waals surface area (Å²) >= 11 is 0. The SMILES string of the molecule is CCO/C=C(/C(=O)OC(F)(F)CF)C(=O)C(F)F. The summed E-state index contributed by atoms with van der Waals surface area (Å²) in [6.45, 7) is -1.06. The molecule has 0 N–H and O–H groups in total. The fourth-order valence-electron chi connectivity index (χ4n) is 0.709. The minimum Gasteiger partial charge on any atom is -0.500 e. The van der Waals surface area contributed by atoms with E-state index in [0.717, 1.165) is 0 Å².